The van der Waals surface area contributed by atoms with Gasteiger partial charge in [0.05, 0.1) is 26.6 Å². The number of benzene rings is 1. The van der Waals surface area contributed by atoms with Gasteiger partial charge in [0.15, 0.2) is 0 Å². The summed E-state index contributed by atoms with van der Waals surface area (Å²) in [6, 6.07) is 3.48. The Hall–Kier alpha value is -1.31. The van der Waals surface area contributed by atoms with Crippen molar-refractivity contribution in [1.82, 2.24) is 0 Å². The normalized spacial score (nSPS) is 9.25. The van der Waals surface area contributed by atoms with Crippen LogP contribution in [-0.4, -0.2) is 25.1 Å². The van der Waals surface area contributed by atoms with Crippen molar-refractivity contribution in [2.45, 2.75) is 6.61 Å². The Kier molecular flexibility index (Phi) is 5.03. The van der Waals surface area contributed by atoms with Crippen LogP contribution < -0.4 is 9.47 Å². The second-order valence-electron chi connectivity index (χ2n) is 2.99. The van der Waals surface area contributed by atoms with Crippen molar-refractivity contribution in [3.8, 4) is 23.3 Å². The molecule has 1 aromatic carbocycles. The number of methoxy groups -OCH3 is 2. The van der Waals surface area contributed by atoms with Gasteiger partial charge in [0.2, 0.25) is 0 Å². The second-order valence-corrected chi connectivity index (χ2v) is 3.31. The molecule has 1 rings (SSSR count). The Labute approximate surface area is 101 Å². The standard InChI is InChI=1S/C12H14O3S/c1-14-11-6-9(8-13)7-12(15-2)10(11)4-3-5-16/h6-7,13,16H,5,8H2,1-2H3. The first kappa shape index (κ1) is 12.8. The largest absolute Gasteiger partial charge is 0.495 e. The maximum absolute atomic E-state index is 9.09. The second kappa shape index (κ2) is 6.31. The first-order valence-electron chi connectivity index (χ1n) is 4.72. The highest BCUT2D eigenvalue weighted by molar-refractivity contribution is 7.80. The van der Waals surface area contributed by atoms with Crippen LogP contribution in [0.2, 0.25) is 0 Å². The van der Waals surface area contributed by atoms with Gasteiger partial charge in [-0.05, 0) is 17.7 Å². The lowest BCUT2D eigenvalue weighted by Gasteiger charge is -2.10. The van der Waals surface area contributed by atoms with Crippen LogP contribution in [0.3, 0.4) is 0 Å². The summed E-state index contributed by atoms with van der Waals surface area (Å²) in [4.78, 5) is 0. The average Bonchev–Trinajstić information content (AvgIpc) is 2.35. The number of hydrogen-bond acceptors (Lipinski definition) is 4. The van der Waals surface area contributed by atoms with Gasteiger partial charge in [-0.25, -0.2) is 0 Å². The SMILES string of the molecule is COc1cc(CO)cc(OC)c1C#CCS. The summed E-state index contributed by atoms with van der Waals surface area (Å²) >= 11 is 4.02. The highest BCUT2D eigenvalue weighted by Crippen LogP contribution is 2.29. The zero-order valence-electron chi connectivity index (χ0n) is 9.28. The highest BCUT2D eigenvalue weighted by Gasteiger charge is 2.09. The molecule has 0 aromatic heterocycles. The number of thiol groups is 1. The molecule has 1 aromatic rings. The van der Waals surface area contributed by atoms with Crippen molar-refractivity contribution in [1.29, 1.82) is 0 Å². The van der Waals surface area contributed by atoms with E-state index in [9.17, 15) is 0 Å². The van der Waals surface area contributed by atoms with Gasteiger partial charge in [-0.1, -0.05) is 11.8 Å². The number of ether oxygens (including phenoxy) is 2. The molecule has 0 saturated heterocycles. The first-order valence-corrected chi connectivity index (χ1v) is 5.35. The van der Waals surface area contributed by atoms with Crippen molar-refractivity contribution >= 4 is 12.6 Å². The van der Waals surface area contributed by atoms with Crippen LogP contribution in [0.1, 0.15) is 11.1 Å². The van der Waals surface area contributed by atoms with Gasteiger partial charge >= 0.3 is 0 Å². The molecule has 0 fully saturated rings. The van der Waals surface area contributed by atoms with Crippen LogP contribution in [0.15, 0.2) is 12.1 Å². The zero-order chi connectivity index (χ0) is 12.0. The van der Waals surface area contributed by atoms with E-state index < -0.39 is 0 Å². The van der Waals surface area contributed by atoms with E-state index in [0.717, 1.165) is 5.56 Å². The highest BCUT2D eigenvalue weighted by atomic mass is 32.1. The molecule has 0 bridgehead atoms. The lowest BCUT2D eigenvalue weighted by Crippen LogP contribution is -1.96. The molecule has 0 saturated carbocycles. The molecule has 0 spiro atoms. The average molecular weight is 238 g/mol. The minimum absolute atomic E-state index is 0.0625. The summed E-state index contributed by atoms with van der Waals surface area (Å²) in [6.07, 6.45) is 0. The van der Waals surface area contributed by atoms with Crippen LogP contribution >= 0.6 is 12.6 Å². The van der Waals surface area contributed by atoms with Crippen LogP contribution in [0.5, 0.6) is 11.5 Å². The van der Waals surface area contributed by atoms with E-state index in [4.69, 9.17) is 14.6 Å². The van der Waals surface area contributed by atoms with Crippen molar-refractivity contribution in [3.05, 3.63) is 23.3 Å². The number of hydrogen-bond donors (Lipinski definition) is 2. The lowest BCUT2D eigenvalue weighted by atomic mass is 10.1. The van der Waals surface area contributed by atoms with Gasteiger partial charge in [-0.3, -0.25) is 0 Å². The van der Waals surface area contributed by atoms with E-state index in [1.165, 1.54) is 0 Å². The van der Waals surface area contributed by atoms with Crippen LogP contribution in [-0.2, 0) is 6.61 Å². The molecule has 0 aliphatic carbocycles. The molecule has 1 N–H and O–H groups in total. The van der Waals surface area contributed by atoms with E-state index in [2.05, 4.69) is 24.5 Å². The summed E-state index contributed by atoms with van der Waals surface area (Å²) in [7, 11) is 3.11. The van der Waals surface area contributed by atoms with E-state index in [0.29, 0.717) is 22.8 Å². The first-order chi connectivity index (χ1) is 7.76. The smallest absolute Gasteiger partial charge is 0.138 e. The summed E-state index contributed by atoms with van der Waals surface area (Å²) in [5.74, 6) is 7.43. The van der Waals surface area contributed by atoms with Crippen molar-refractivity contribution < 1.29 is 14.6 Å². The number of aliphatic hydroxyl groups is 1. The summed E-state index contributed by atoms with van der Waals surface area (Å²) < 4.78 is 10.4. The van der Waals surface area contributed by atoms with Crippen molar-refractivity contribution in [3.63, 3.8) is 0 Å². The third-order valence-electron chi connectivity index (χ3n) is 2.04. The fourth-order valence-corrected chi connectivity index (χ4v) is 1.39. The molecule has 0 atom stereocenters. The zero-order valence-corrected chi connectivity index (χ0v) is 10.2. The van der Waals surface area contributed by atoms with E-state index in [1.54, 1.807) is 26.4 Å². The predicted molar refractivity (Wildman–Crippen MR) is 66.2 cm³/mol. The number of rotatable bonds is 3. The molecule has 0 radical (unpaired) electrons. The lowest BCUT2D eigenvalue weighted by molar-refractivity contribution is 0.280. The Morgan fingerprint density at radius 1 is 1.25 bits per heavy atom. The summed E-state index contributed by atoms with van der Waals surface area (Å²) in [6.45, 7) is -0.0625. The third kappa shape index (κ3) is 2.84. The molecule has 0 unspecified atom stereocenters. The summed E-state index contributed by atoms with van der Waals surface area (Å²) in [5.41, 5.74) is 1.40. The Balaban J connectivity index is 3.31. The van der Waals surface area contributed by atoms with Gasteiger partial charge in [-0.2, -0.15) is 12.6 Å². The van der Waals surface area contributed by atoms with Crippen molar-refractivity contribution in [2.24, 2.45) is 0 Å². The van der Waals surface area contributed by atoms with Gasteiger partial charge in [0.1, 0.15) is 17.1 Å². The Morgan fingerprint density at radius 3 is 2.19 bits per heavy atom. The quantitative estimate of drug-likeness (QED) is 0.619. The fourth-order valence-electron chi connectivity index (χ4n) is 1.31. The Morgan fingerprint density at radius 2 is 1.81 bits per heavy atom. The predicted octanol–water partition coefficient (Wildman–Crippen LogP) is 1.48. The molecule has 4 heteroatoms. The molecule has 16 heavy (non-hydrogen) atoms. The van der Waals surface area contributed by atoms with E-state index in [-0.39, 0.29) is 6.61 Å². The van der Waals surface area contributed by atoms with Gasteiger partial charge in [0.25, 0.3) is 0 Å². The monoisotopic (exact) mass is 238 g/mol. The fraction of sp³-hybridized carbons (Fsp3) is 0.333. The van der Waals surface area contributed by atoms with Crippen LogP contribution in [0.4, 0.5) is 0 Å². The maximum Gasteiger partial charge on any atom is 0.138 e. The van der Waals surface area contributed by atoms with Crippen LogP contribution in [0, 0.1) is 11.8 Å². The van der Waals surface area contributed by atoms with E-state index in [1.807, 2.05) is 0 Å². The molecule has 0 heterocycles. The minimum atomic E-state index is -0.0625. The molecule has 3 nitrogen and oxygen atoms in total. The van der Waals surface area contributed by atoms with Gasteiger partial charge in [0, 0.05) is 0 Å². The van der Waals surface area contributed by atoms with Crippen molar-refractivity contribution in [2.75, 3.05) is 20.0 Å². The third-order valence-corrected chi connectivity index (χ3v) is 2.20. The van der Waals surface area contributed by atoms with Crippen LogP contribution in [0.25, 0.3) is 0 Å². The maximum atomic E-state index is 9.09. The summed E-state index contributed by atoms with van der Waals surface area (Å²) in [5, 5.41) is 9.09. The van der Waals surface area contributed by atoms with Gasteiger partial charge in [-0.15, -0.1) is 0 Å². The minimum Gasteiger partial charge on any atom is -0.495 e. The molecular formula is C12H14O3S. The topological polar surface area (TPSA) is 38.7 Å². The molecule has 0 aliphatic rings. The Bertz CT molecular complexity index is 393. The number of aliphatic hydroxyl groups excluding tert-OH is 1. The molecular weight excluding hydrogens is 224 g/mol. The molecule has 0 amide bonds. The van der Waals surface area contributed by atoms with E-state index >= 15 is 0 Å². The molecule has 86 valence electrons. The van der Waals surface area contributed by atoms with Gasteiger partial charge < -0.3 is 14.6 Å². The molecule has 0 aliphatic heterocycles.